The van der Waals surface area contributed by atoms with Crippen molar-refractivity contribution in [3.63, 3.8) is 0 Å². The molecule has 1 aromatic carbocycles. The number of aromatic nitrogens is 2. The van der Waals surface area contributed by atoms with E-state index in [9.17, 15) is 13.2 Å². The number of amides is 1. The van der Waals surface area contributed by atoms with Gasteiger partial charge in [-0.25, -0.2) is 8.42 Å². The summed E-state index contributed by atoms with van der Waals surface area (Å²) in [5.41, 5.74) is 0.436. The highest BCUT2D eigenvalue weighted by atomic mass is 32.2. The zero-order valence-corrected chi connectivity index (χ0v) is 17.7. The number of thioether (sulfide) groups is 1. The van der Waals surface area contributed by atoms with Crippen molar-refractivity contribution in [2.24, 2.45) is 0 Å². The highest BCUT2D eigenvalue weighted by Gasteiger charge is 2.26. The van der Waals surface area contributed by atoms with E-state index >= 15 is 0 Å². The molecular weight excluding hydrogens is 422 g/mol. The molecule has 28 heavy (non-hydrogen) atoms. The van der Waals surface area contributed by atoms with Crippen molar-refractivity contribution >= 4 is 49.8 Å². The van der Waals surface area contributed by atoms with Gasteiger partial charge in [0.05, 0.1) is 23.9 Å². The van der Waals surface area contributed by atoms with Crippen molar-refractivity contribution in [2.75, 3.05) is 49.2 Å². The highest BCUT2D eigenvalue weighted by molar-refractivity contribution is 8.01. The molecule has 2 aromatic rings. The van der Waals surface area contributed by atoms with E-state index in [-0.39, 0.29) is 16.6 Å². The van der Waals surface area contributed by atoms with Gasteiger partial charge in [0.1, 0.15) is 0 Å². The number of ether oxygens (including phenoxy) is 1. The third-order valence-corrected chi connectivity index (χ3v) is 7.70. The predicted octanol–water partition coefficient (Wildman–Crippen LogP) is 1.72. The molecule has 0 bridgehead atoms. The number of anilines is 2. The number of morpholine rings is 1. The molecular formula is C16H21N5O4S3. The van der Waals surface area contributed by atoms with Crippen LogP contribution in [0.4, 0.5) is 10.8 Å². The first kappa shape index (κ1) is 21.0. The van der Waals surface area contributed by atoms with Crippen LogP contribution in [0, 0.1) is 0 Å². The number of sulfonamides is 1. The van der Waals surface area contributed by atoms with Gasteiger partial charge in [0, 0.05) is 25.3 Å². The Kier molecular flexibility index (Phi) is 7.24. The van der Waals surface area contributed by atoms with Crippen molar-refractivity contribution in [2.45, 2.75) is 16.2 Å². The first-order chi connectivity index (χ1) is 13.5. The van der Waals surface area contributed by atoms with Gasteiger partial charge in [0.15, 0.2) is 4.34 Å². The van der Waals surface area contributed by atoms with Crippen LogP contribution in [-0.4, -0.2) is 67.4 Å². The van der Waals surface area contributed by atoms with E-state index in [1.54, 1.807) is 12.1 Å². The molecule has 1 aliphatic rings. The lowest BCUT2D eigenvalue weighted by molar-refractivity contribution is -0.113. The van der Waals surface area contributed by atoms with Crippen LogP contribution in [0.3, 0.4) is 0 Å². The molecule has 0 atom stereocenters. The van der Waals surface area contributed by atoms with Crippen molar-refractivity contribution < 1.29 is 17.9 Å². The molecule has 2 N–H and O–H groups in total. The summed E-state index contributed by atoms with van der Waals surface area (Å²) in [4.78, 5) is 12.4. The van der Waals surface area contributed by atoms with Gasteiger partial charge < -0.3 is 15.4 Å². The Morgan fingerprint density at radius 3 is 2.86 bits per heavy atom. The second kappa shape index (κ2) is 9.65. The lowest BCUT2D eigenvalue weighted by Crippen LogP contribution is -2.40. The summed E-state index contributed by atoms with van der Waals surface area (Å²) in [5, 5.41) is 14.5. The Hall–Kier alpha value is -1.73. The van der Waals surface area contributed by atoms with E-state index in [4.69, 9.17) is 4.74 Å². The lowest BCUT2D eigenvalue weighted by atomic mass is 10.3. The Bertz CT molecular complexity index is 913. The summed E-state index contributed by atoms with van der Waals surface area (Å²) in [6.07, 6.45) is 0. The summed E-state index contributed by atoms with van der Waals surface area (Å²) in [7, 11) is -3.61. The smallest absolute Gasteiger partial charge is 0.243 e. The molecule has 3 rings (SSSR count). The van der Waals surface area contributed by atoms with Crippen LogP contribution < -0.4 is 10.6 Å². The van der Waals surface area contributed by atoms with Gasteiger partial charge in [-0.3, -0.25) is 4.79 Å². The zero-order valence-electron chi connectivity index (χ0n) is 15.3. The first-order valence-corrected chi connectivity index (χ1v) is 11.9. The van der Waals surface area contributed by atoms with Crippen LogP contribution >= 0.6 is 23.1 Å². The van der Waals surface area contributed by atoms with Crippen LogP contribution in [0.5, 0.6) is 0 Å². The van der Waals surface area contributed by atoms with Crippen LogP contribution in [0.2, 0.25) is 0 Å². The van der Waals surface area contributed by atoms with Crippen molar-refractivity contribution in [3.05, 3.63) is 24.3 Å². The van der Waals surface area contributed by atoms with Crippen LogP contribution in [-0.2, 0) is 19.6 Å². The van der Waals surface area contributed by atoms with Gasteiger partial charge in [-0.1, -0.05) is 29.2 Å². The molecule has 0 unspecified atom stereocenters. The molecule has 1 saturated heterocycles. The minimum absolute atomic E-state index is 0.152. The third kappa shape index (κ3) is 5.41. The summed E-state index contributed by atoms with van der Waals surface area (Å²) < 4.78 is 32.7. The lowest BCUT2D eigenvalue weighted by Gasteiger charge is -2.26. The average Bonchev–Trinajstić information content (AvgIpc) is 3.15. The molecule has 0 saturated carbocycles. The van der Waals surface area contributed by atoms with Crippen LogP contribution in [0.15, 0.2) is 33.5 Å². The summed E-state index contributed by atoms with van der Waals surface area (Å²) >= 11 is 2.66. The average molecular weight is 444 g/mol. The molecule has 9 nitrogen and oxygen atoms in total. The third-order valence-electron chi connectivity index (χ3n) is 3.79. The zero-order chi connectivity index (χ0) is 20.0. The molecule has 1 aliphatic heterocycles. The number of benzene rings is 1. The van der Waals surface area contributed by atoms with E-state index in [1.165, 1.54) is 39.5 Å². The van der Waals surface area contributed by atoms with Crippen LogP contribution in [0.1, 0.15) is 6.92 Å². The number of hydrogen-bond acceptors (Lipinski definition) is 9. The molecule has 1 fully saturated rings. The SMILES string of the molecule is CCNc1nnc(SCC(=O)Nc2cccc(S(=O)(=O)N3CCOCC3)c2)s1. The minimum atomic E-state index is -3.61. The van der Waals surface area contributed by atoms with E-state index in [0.29, 0.717) is 41.5 Å². The molecule has 1 amide bonds. The van der Waals surface area contributed by atoms with E-state index in [1.807, 2.05) is 6.92 Å². The molecule has 0 radical (unpaired) electrons. The Morgan fingerprint density at radius 2 is 2.11 bits per heavy atom. The topological polar surface area (TPSA) is 114 Å². The Balaban J connectivity index is 1.59. The molecule has 152 valence electrons. The van der Waals surface area contributed by atoms with Gasteiger partial charge in [-0.05, 0) is 25.1 Å². The fourth-order valence-electron chi connectivity index (χ4n) is 2.49. The van der Waals surface area contributed by atoms with Gasteiger partial charge in [0.25, 0.3) is 0 Å². The first-order valence-electron chi connectivity index (χ1n) is 8.67. The van der Waals surface area contributed by atoms with Crippen molar-refractivity contribution in [1.29, 1.82) is 0 Å². The van der Waals surface area contributed by atoms with Gasteiger partial charge >= 0.3 is 0 Å². The maximum atomic E-state index is 12.7. The van der Waals surface area contributed by atoms with Crippen LogP contribution in [0.25, 0.3) is 0 Å². The summed E-state index contributed by atoms with van der Waals surface area (Å²) in [6.45, 7) is 4.14. The molecule has 2 heterocycles. The quantitative estimate of drug-likeness (QED) is 0.593. The molecule has 0 spiro atoms. The maximum absolute atomic E-state index is 12.7. The standard InChI is InChI=1S/C16H21N5O4S3/c1-2-17-15-19-20-16(27-15)26-11-14(22)18-12-4-3-5-13(10-12)28(23,24)21-6-8-25-9-7-21/h3-5,10H,2,6-9,11H2,1H3,(H,17,19)(H,18,22). The molecule has 1 aromatic heterocycles. The Morgan fingerprint density at radius 1 is 1.32 bits per heavy atom. The van der Waals surface area contributed by atoms with Crippen molar-refractivity contribution in [3.8, 4) is 0 Å². The number of nitrogens with zero attached hydrogens (tertiary/aromatic N) is 3. The van der Waals surface area contributed by atoms with Crippen molar-refractivity contribution in [1.82, 2.24) is 14.5 Å². The fourth-order valence-corrected chi connectivity index (χ4v) is 5.56. The van der Waals surface area contributed by atoms with E-state index in [0.717, 1.165) is 6.54 Å². The largest absolute Gasteiger partial charge is 0.379 e. The fraction of sp³-hybridized carbons (Fsp3) is 0.438. The molecule has 12 heteroatoms. The monoisotopic (exact) mass is 443 g/mol. The van der Waals surface area contributed by atoms with Gasteiger partial charge in [-0.15, -0.1) is 10.2 Å². The normalized spacial score (nSPS) is 15.3. The number of nitrogens with one attached hydrogen (secondary N) is 2. The minimum Gasteiger partial charge on any atom is -0.379 e. The Labute approximate surface area is 171 Å². The van der Waals surface area contributed by atoms with E-state index in [2.05, 4.69) is 20.8 Å². The second-order valence-corrected chi connectivity index (χ2v) is 9.92. The summed E-state index contributed by atoms with van der Waals surface area (Å²) in [6, 6.07) is 6.28. The summed E-state index contributed by atoms with van der Waals surface area (Å²) in [5.74, 6) is -0.0904. The van der Waals surface area contributed by atoms with Gasteiger partial charge in [0.2, 0.25) is 21.1 Å². The number of rotatable bonds is 8. The van der Waals surface area contributed by atoms with Gasteiger partial charge in [-0.2, -0.15) is 4.31 Å². The maximum Gasteiger partial charge on any atom is 0.243 e. The van der Waals surface area contributed by atoms with E-state index < -0.39 is 10.0 Å². The molecule has 0 aliphatic carbocycles. The number of carbonyl (C=O) groups is 1. The number of carbonyl (C=O) groups excluding carboxylic acids is 1. The highest BCUT2D eigenvalue weighted by Crippen LogP contribution is 2.26. The second-order valence-electron chi connectivity index (χ2n) is 5.78. The number of hydrogen-bond donors (Lipinski definition) is 2. The predicted molar refractivity (Wildman–Crippen MR) is 109 cm³/mol.